The molecule has 0 N–H and O–H groups in total. The average molecular weight is 238 g/mol. The van der Waals surface area contributed by atoms with Gasteiger partial charge in [0.05, 0.1) is 13.7 Å². The predicted octanol–water partition coefficient (Wildman–Crippen LogP) is 2.31. The minimum Gasteiger partial charge on any atom is -0.493 e. The van der Waals surface area contributed by atoms with Gasteiger partial charge in [-0.1, -0.05) is 0 Å². The van der Waals surface area contributed by atoms with Gasteiger partial charge in [0.25, 0.3) is 0 Å². The van der Waals surface area contributed by atoms with Crippen molar-refractivity contribution in [2.24, 2.45) is 0 Å². The normalized spacial score (nSPS) is 10.0. The van der Waals surface area contributed by atoms with Crippen molar-refractivity contribution in [2.75, 3.05) is 26.9 Å². The molecule has 17 heavy (non-hydrogen) atoms. The maximum absolute atomic E-state index is 10.6. The van der Waals surface area contributed by atoms with Gasteiger partial charge < -0.3 is 14.2 Å². The Balaban J connectivity index is 2.49. The third kappa shape index (κ3) is 4.44. The van der Waals surface area contributed by atoms with Crippen LogP contribution >= 0.6 is 0 Å². The molecule has 1 aromatic rings. The summed E-state index contributed by atoms with van der Waals surface area (Å²) >= 11 is 0. The van der Waals surface area contributed by atoms with Gasteiger partial charge in [0, 0.05) is 25.2 Å². The van der Waals surface area contributed by atoms with Gasteiger partial charge in [0.2, 0.25) is 0 Å². The Morgan fingerprint density at radius 1 is 1.24 bits per heavy atom. The zero-order valence-corrected chi connectivity index (χ0v) is 10.3. The number of benzene rings is 1. The highest BCUT2D eigenvalue weighted by atomic mass is 16.5. The summed E-state index contributed by atoms with van der Waals surface area (Å²) in [6.45, 7) is 3.93. The molecule has 0 aliphatic rings. The van der Waals surface area contributed by atoms with E-state index < -0.39 is 0 Å². The molecule has 0 fully saturated rings. The van der Waals surface area contributed by atoms with Gasteiger partial charge in [-0.25, -0.2) is 0 Å². The molecule has 0 saturated carbocycles. The van der Waals surface area contributed by atoms with Gasteiger partial charge in [-0.2, -0.15) is 0 Å². The highest BCUT2D eigenvalue weighted by Gasteiger charge is 2.05. The second-order valence-electron chi connectivity index (χ2n) is 3.43. The average Bonchev–Trinajstić information content (AvgIpc) is 2.38. The van der Waals surface area contributed by atoms with Gasteiger partial charge in [0.1, 0.15) is 6.29 Å². The lowest BCUT2D eigenvalue weighted by Gasteiger charge is -2.10. The molecule has 0 unspecified atom stereocenters. The molecule has 4 heteroatoms. The van der Waals surface area contributed by atoms with Crippen molar-refractivity contribution in [1.82, 2.24) is 0 Å². The fourth-order valence-electron chi connectivity index (χ4n) is 1.36. The highest BCUT2D eigenvalue weighted by Crippen LogP contribution is 2.27. The van der Waals surface area contributed by atoms with Crippen molar-refractivity contribution in [2.45, 2.75) is 13.3 Å². The number of aldehydes is 1. The first-order valence-electron chi connectivity index (χ1n) is 5.65. The van der Waals surface area contributed by atoms with Crippen LogP contribution in [0.1, 0.15) is 23.7 Å². The van der Waals surface area contributed by atoms with Crippen LogP contribution in [0.5, 0.6) is 11.5 Å². The molecule has 0 saturated heterocycles. The number of rotatable bonds is 8. The number of ether oxygens (including phenoxy) is 3. The summed E-state index contributed by atoms with van der Waals surface area (Å²) in [5, 5.41) is 0. The first-order valence-corrected chi connectivity index (χ1v) is 5.65. The third-order valence-corrected chi connectivity index (χ3v) is 2.22. The fraction of sp³-hybridized carbons (Fsp3) is 0.462. The van der Waals surface area contributed by atoms with Crippen LogP contribution in [0.25, 0.3) is 0 Å². The van der Waals surface area contributed by atoms with Crippen LogP contribution < -0.4 is 9.47 Å². The highest BCUT2D eigenvalue weighted by molar-refractivity contribution is 5.76. The van der Waals surface area contributed by atoms with Crippen molar-refractivity contribution in [3.05, 3.63) is 23.8 Å². The van der Waals surface area contributed by atoms with E-state index in [0.29, 0.717) is 30.3 Å². The number of hydrogen-bond donors (Lipinski definition) is 0. The quantitative estimate of drug-likeness (QED) is 0.515. The molecule has 0 radical (unpaired) electrons. The smallest absolute Gasteiger partial charge is 0.161 e. The molecule has 0 aromatic heterocycles. The monoisotopic (exact) mass is 238 g/mol. The Labute approximate surface area is 101 Å². The minimum atomic E-state index is 0.566. The van der Waals surface area contributed by atoms with E-state index in [1.165, 1.54) is 0 Å². The van der Waals surface area contributed by atoms with Gasteiger partial charge in [0.15, 0.2) is 11.5 Å². The van der Waals surface area contributed by atoms with E-state index in [1.54, 1.807) is 25.3 Å². The summed E-state index contributed by atoms with van der Waals surface area (Å²) in [7, 11) is 1.55. The van der Waals surface area contributed by atoms with E-state index in [4.69, 9.17) is 14.2 Å². The maximum atomic E-state index is 10.6. The zero-order chi connectivity index (χ0) is 12.5. The minimum absolute atomic E-state index is 0.566. The largest absolute Gasteiger partial charge is 0.493 e. The van der Waals surface area contributed by atoms with Crippen molar-refractivity contribution >= 4 is 6.29 Å². The molecule has 0 bridgehead atoms. The number of carbonyl (C=O) groups excluding carboxylic acids is 1. The van der Waals surface area contributed by atoms with Gasteiger partial charge in [-0.3, -0.25) is 4.79 Å². The standard InChI is InChI=1S/C13H18O4/c1-3-16-7-4-8-17-12-6-5-11(10-14)9-13(12)15-2/h5-6,9-10H,3-4,7-8H2,1-2H3. The van der Waals surface area contributed by atoms with Crippen LogP contribution in [0.3, 0.4) is 0 Å². The zero-order valence-electron chi connectivity index (χ0n) is 10.3. The maximum Gasteiger partial charge on any atom is 0.161 e. The molecule has 0 aliphatic heterocycles. The van der Waals surface area contributed by atoms with Gasteiger partial charge in [-0.15, -0.1) is 0 Å². The lowest BCUT2D eigenvalue weighted by molar-refractivity contribution is 0.112. The predicted molar refractivity (Wildman–Crippen MR) is 65.0 cm³/mol. The fourth-order valence-corrected chi connectivity index (χ4v) is 1.36. The van der Waals surface area contributed by atoms with E-state index in [9.17, 15) is 4.79 Å². The van der Waals surface area contributed by atoms with Crippen LogP contribution in [0, 0.1) is 0 Å². The first-order chi connectivity index (χ1) is 8.31. The molecule has 1 rings (SSSR count). The molecule has 0 aliphatic carbocycles. The number of carbonyl (C=O) groups is 1. The van der Waals surface area contributed by atoms with E-state index in [0.717, 1.165) is 19.3 Å². The molecule has 94 valence electrons. The van der Waals surface area contributed by atoms with Crippen LogP contribution in [0.2, 0.25) is 0 Å². The molecular formula is C13H18O4. The van der Waals surface area contributed by atoms with Crippen LogP contribution in [-0.2, 0) is 4.74 Å². The van der Waals surface area contributed by atoms with Crippen LogP contribution in [0.15, 0.2) is 18.2 Å². The van der Waals surface area contributed by atoms with E-state index >= 15 is 0 Å². The Morgan fingerprint density at radius 2 is 2.06 bits per heavy atom. The third-order valence-electron chi connectivity index (χ3n) is 2.22. The molecule has 0 heterocycles. The first kappa shape index (κ1) is 13.5. The SMILES string of the molecule is CCOCCCOc1ccc(C=O)cc1OC. The molecule has 4 nitrogen and oxygen atoms in total. The van der Waals surface area contributed by atoms with Crippen LogP contribution in [0.4, 0.5) is 0 Å². The van der Waals surface area contributed by atoms with Gasteiger partial charge in [-0.05, 0) is 25.1 Å². The second kappa shape index (κ2) is 7.68. The summed E-state index contributed by atoms with van der Waals surface area (Å²) in [5.74, 6) is 1.22. The Hall–Kier alpha value is -1.55. The van der Waals surface area contributed by atoms with Gasteiger partial charge >= 0.3 is 0 Å². The van der Waals surface area contributed by atoms with Crippen molar-refractivity contribution in [3.63, 3.8) is 0 Å². The summed E-state index contributed by atoms with van der Waals surface area (Å²) in [4.78, 5) is 10.6. The van der Waals surface area contributed by atoms with Crippen molar-refractivity contribution in [3.8, 4) is 11.5 Å². The Morgan fingerprint density at radius 3 is 2.71 bits per heavy atom. The Bertz CT molecular complexity index is 349. The lowest BCUT2D eigenvalue weighted by atomic mass is 10.2. The molecular weight excluding hydrogens is 220 g/mol. The van der Waals surface area contributed by atoms with E-state index in [-0.39, 0.29) is 0 Å². The molecule has 0 atom stereocenters. The van der Waals surface area contributed by atoms with E-state index in [1.807, 2.05) is 6.92 Å². The van der Waals surface area contributed by atoms with Crippen molar-refractivity contribution < 1.29 is 19.0 Å². The van der Waals surface area contributed by atoms with Crippen molar-refractivity contribution in [1.29, 1.82) is 0 Å². The Kier molecular flexibility index (Phi) is 6.10. The number of methoxy groups -OCH3 is 1. The lowest BCUT2D eigenvalue weighted by Crippen LogP contribution is -2.04. The topological polar surface area (TPSA) is 44.8 Å². The summed E-state index contributed by atoms with van der Waals surface area (Å²) < 4.78 is 15.9. The summed E-state index contributed by atoms with van der Waals surface area (Å²) in [6, 6.07) is 5.10. The van der Waals surface area contributed by atoms with Crippen LogP contribution in [-0.4, -0.2) is 33.2 Å². The summed E-state index contributed by atoms with van der Waals surface area (Å²) in [5.41, 5.74) is 0.573. The molecule has 0 spiro atoms. The molecule has 0 amide bonds. The molecule has 1 aromatic carbocycles. The second-order valence-corrected chi connectivity index (χ2v) is 3.43. The van der Waals surface area contributed by atoms with E-state index in [2.05, 4.69) is 0 Å². The number of hydrogen-bond acceptors (Lipinski definition) is 4. The summed E-state index contributed by atoms with van der Waals surface area (Å²) in [6.07, 6.45) is 1.60.